The zero-order valence-corrected chi connectivity index (χ0v) is 15.9. The second-order valence-electron chi connectivity index (χ2n) is 5.88. The lowest BCUT2D eigenvalue weighted by molar-refractivity contribution is -0.115. The molecule has 1 amide bonds. The number of thiazole rings is 1. The molecule has 9 heteroatoms. The molecule has 0 aliphatic heterocycles. The van der Waals surface area contributed by atoms with Gasteiger partial charge in [0.15, 0.2) is 0 Å². The van der Waals surface area contributed by atoms with Crippen molar-refractivity contribution in [3.05, 3.63) is 77.0 Å². The zero-order chi connectivity index (χ0) is 19.5. The van der Waals surface area contributed by atoms with Gasteiger partial charge in [0.05, 0.1) is 23.5 Å². The summed E-state index contributed by atoms with van der Waals surface area (Å²) in [6, 6.07) is 11.2. The van der Waals surface area contributed by atoms with E-state index in [0.717, 1.165) is 10.6 Å². The van der Waals surface area contributed by atoms with E-state index in [9.17, 15) is 9.18 Å². The largest absolute Gasteiger partial charge is 0.324 e. The molecule has 4 rings (SSSR count). The number of anilines is 1. The summed E-state index contributed by atoms with van der Waals surface area (Å²) in [4.78, 5) is 20.9. The molecule has 2 aromatic heterocycles. The van der Waals surface area contributed by atoms with Gasteiger partial charge in [0.1, 0.15) is 23.5 Å². The van der Waals surface area contributed by atoms with Crippen molar-refractivity contribution >= 4 is 34.5 Å². The molecular formula is C19H13ClFN5OS. The van der Waals surface area contributed by atoms with Gasteiger partial charge in [-0.05, 0) is 42.5 Å². The molecule has 2 aromatic carbocycles. The Balaban J connectivity index is 1.50. The lowest BCUT2D eigenvalue weighted by Gasteiger charge is -2.11. The van der Waals surface area contributed by atoms with Crippen LogP contribution in [0.25, 0.3) is 16.3 Å². The number of aromatic nitrogens is 4. The summed E-state index contributed by atoms with van der Waals surface area (Å²) in [6.07, 6.45) is 3.04. The highest BCUT2D eigenvalue weighted by molar-refractivity contribution is 7.13. The molecule has 0 spiro atoms. The van der Waals surface area contributed by atoms with Crippen molar-refractivity contribution in [2.45, 2.75) is 6.42 Å². The number of carbonyl (C=O) groups is 1. The highest BCUT2D eigenvalue weighted by Gasteiger charge is 2.13. The lowest BCUT2D eigenvalue weighted by atomic mass is 10.2. The molecular weight excluding hydrogens is 401 g/mol. The summed E-state index contributed by atoms with van der Waals surface area (Å²) in [5.41, 5.74) is 2.62. The third-order valence-electron chi connectivity index (χ3n) is 3.88. The molecule has 0 fully saturated rings. The molecule has 0 radical (unpaired) electrons. The predicted molar refractivity (Wildman–Crippen MR) is 106 cm³/mol. The third-order valence-corrected chi connectivity index (χ3v) is 5.06. The van der Waals surface area contributed by atoms with Gasteiger partial charge in [-0.2, -0.15) is 5.10 Å². The average Bonchev–Trinajstić information content (AvgIpc) is 3.35. The maximum Gasteiger partial charge on any atom is 0.230 e. The summed E-state index contributed by atoms with van der Waals surface area (Å²) in [5, 5.41) is 9.97. The molecule has 0 atom stereocenters. The SMILES string of the molecule is O=C(Cc1csc(-c2ccc(F)cc2)n1)Nc1cc(Cl)ccc1-n1cncn1. The Kier molecular flexibility index (Phi) is 5.14. The first-order valence-electron chi connectivity index (χ1n) is 8.23. The Morgan fingerprint density at radius 3 is 2.79 bits per heavy atom. The molecule has 0 bridgehead atoms. The van der Waals surface area contributed by atoms with Gasteiger partial charge in [-0.15, -0.1) is 11.3 Å². The summed E-state index contributed by atoms with van der Waals surface area (Å²) >= 11 is 7.47. The Labute approximate surface area is 168 Å². The van der Waals surface area contributed by atoms with Crippen LogP contribution in [-0.2, 0) is 11.2 Å². The fourth-order valence-electron chi connectivity index (χ4n) is 2.61. The maximum absolute atomic E-state index is 13.1. The van der Waals surface area contributed by atoms with E-state index < -0.39 is 0 Å². The maximum atomic E-state index is 13.1. The summed E-state index contributed by atoms with van der Waals surface area (Å²) < 4.78 is 14.6. The quantitative estimate of drug-likeness (QED) is 0.527. The normalized spacial score (nSPS) is 10.8. The van der Waals surface area contributed by atoms with Crippen molar-refractivity contribution in [1.82, 2.24) is 19.7 Å². The number of rotatable bonds is 5. The molecule has 28 heavy (non-hydrogen) atoms. The van der Waals surface area contributed by atoms with Crippen LogP contribution in [0.1, 0.15) is 5.69 Å². The first kappa shape index (κ1) is 18.3. The Bertz CT molecular complexity index is 1110. The van der Waals surface area contributed by atoms with Gasteiger partial charge in [-0.25, -0.2) is 19.0 Å². The first-order chi connectivity index (χ1) is 13.6. The first-order valence-corrected chi connectivity index (χ1v) is 9.49. The third kappa shape index (κ3) is 4.08. The number of hydrogen-bond donors (Lipinski definition) is 1. The zero-order valence-electron chi connectivity index (χ0n) is 14.3. The molecule has 6 nitrogen and oxygen atoms in total. The van der Waals surface area contributed by atoms with E-state index in [1.54, 1.807) is 35.0 Å². The van der Waals surface area contributed by atoms with Crippen molar-refractivity contribution in [2.24, 2.45) is 0 Å². The molecule has 0 saturated heterocycles. The molecule has 4 aromatic rings. The van der Waals surface area contributed by atoms with Gasteiger partial charge in [-0.3, -0.25) is 4.79 Å². The second-order valence-corrected chi connectivity index (χ2v) is 7.17. The smallest absolute Gasteiger partial charge is 0.230 e. The van der Waals surface area contributed by atoms with Crippen molar-refractivity contribution in [1.29, 1.82) is 0 Å². The van der Waals surface area contributed by atoms with Crippen LogP contribution in [0.2, 0.25) is 5.02 Å². The van der Waals surface area contributed by atoms with E-state index in [1.165, 1.54) is 36.1 Å². The minimum atomic E-state index is -0.301. The number of hydrogen-bond acceptors (Lipinski definition) is 5. The van der Waals surface area contributed by atoms with Gasteiger partial charge in [0.25, 0.3) is 0 Å². The highest BCUT2D eigenvalue weighted by atomic mass is 35.5. The van der Waals surface area contributed by atoms with Crippen LogP contribution in [0, 0.1) is 5.82 Å². The Morgan fingerprint density at radius 2 is 2.04 bits per heavy atom. The van der Waals surface area contributed by atoms with E-state index in [2.05, 4.69) is 20.4 Å². The Hall–Kier alpha value is -3.10. The van der Waals surface area contributed by atoms with E-state index in [-0.39, 0.29) is 18.1 Å². The van der Waals surface area contributed by atoms with Crippen LogP contribution in [0.3, 0.4) is 0 Å². The number of amides is 1. The minimum Gasteiger partial charge on any atom is -0.324 e. The van der Waals surface area contributed by atoms with Gasteiger partial charge < -0.3 is 5.32 Å². The number of benzene rings is 2. The van der Waals surface area contributed by atoms with Crippen molar-refractivity contribution in [3.8, 4) is 16.3 Å². The van der Waals surface area contributed by atoms with E-state index in [1.807, 2.05) is 5.38 Å². The van der Waals surface area contributed by atoms with Crippen molar-refractivity contribution in [2.75, 3.05) is 5.32 Å². The summed E-state index contributed by atoms with van der Waals surface area (Å²) in [7, 11) is 0. The fourth-order valence-corrected chi connectivity index (χ4v) is 3.61. The average molecular weight is 414 g/mol. The number of nitrogens with zero attached hydrogens (tertiary/aromatic N) is 4. The van der Waals surface area contributed by atoms with Gasteiger partial charge in [0, 0.05) is 16.0 Å². The van der Waals surface area contributed by atoms with E-state index in [0.29, 0.717) is 22.1 Å². The second kappa shape index (κ2) is 7.87. The van der Waals surface area contributed by atoms with Crippen LogP contribution >= 0.6 is 22.9 Å². The van der Waals surface area contributed by atoms with Gasteiger partial charge in [0.2, 0.25) is 5.91 Å². The van der Waals surface area contributed by atoms with Crippen LogP contribution in [0.4, 0.5) is 10.1 Å². The molecule has 1 N–H and O–H groups in total. The minimum absolute atomic E-state index is 0.0982. The molecule has 2 heterocycles. The lowest BCUT2D eigenvalue weighted by Crippen LogP contribution is -2.16. The van der Waals surface area contributed by atoms with Crippen molar-refractivity contribution < 1.29 is 9.18 Å². The number of halogens is 2. The molecule has 0 aliphatic carbocycles. The fraction of sp³-hybridized carbons (Fsp3) is 0.0526. The monoisotopic (exact) mass is 413 g/mol. The van der Waals surface area contributed by atoms with Gasteiger partial charge >= 0.3 is 0 Å². The summed E-state index contributed by atoms with van der Waals surface area (Å²) in [5.74, 6) is -0.538. The van der Waals surface area contributed by atoms with E-state index >= 15 is 0 Å². The van der Waals surface area contributed by atoms with Crippen LogP contribution < -0.4 is 5.32 Å². The topological polar surface area (TPSA) is 72.7 Å². The number of nitrogens with one attached hydrogen (secondary N) is 1. The molecule has 0 saturated carbocycles. The Morgan fingerprint density at radius 1 is 1.21 bits per heavy atom. The molecule has 140 valence electrons. The molecule has 0 unspecified atom stereocenters. The van der Waals surface area contributed by atoms with E-state index in [4.69, 9.17) is 11.6 Å². The highest BCUT2D eigenvalue weighted by Crippen LogP contribution is 2.26. The number of carbonyl (C=O) groups excluding carboxylic acids is 1. The van der Waals surface area contributed by atoms with Crippen LogP contribution in [-0.4, -0.2) is 25.7 Å². The summed E-state index contributed by atoms with van der Waals surface area (Å²) in [6.45, 7) is 0. The predicted octanol–water partition coefficient (Wildman–Crippen LogP) is 4.36. The van der Waals surface area contributed by atoms with Gasteiger partial charge in [-0.1, -0.05) is 11.6 Å². The standard InChI is InChI=1S/C19H13ClFN5OS/c20-13-3-6-17(26-11-22-10-23-26)16(7-13)25-18(27)8-15-9-28-19(24-15)12-1-4-14(21)5-2-12/h1-7,9-11H,8H2,(H,25,27). The van der Waals surface area contributed by atoms with Crippen molar-refractivity contribution in [3.63, 3.8) is 0 Å². The molecule has 0 aliphatic rings. The van der Waals surface area contributed by atoms with Crippen LogP contribution in [0.15, 0.2) is 60.5 Å². The van der Waals surface area contributed by atoms with Crippen LogP contribution in [0.5, 0.6) is 0 Å².